The molecule has 4 nitrogen and oxygen atoms in total. The van der Waals surface area contributed by atoms with Crippen LogP contribution in [0.1, 0.15) is 129 Å². The van der Waals surface area contributed by atoms with Crippen LogP contribution in [-0.2, 0) is 27.4 Å². The van der Waals surface area contributed by atoms with Crippen molar-refractivity contribution in [3.05, 3.63) is 77.4 Å². The Labute approximate surface area is 301 Å². The molecule has 4 fully saturated rings. The predicted octanol–water partition coefficient (Wildman–Crippen LogP) is 11.2. The summed E-state index contributed by atoms with van der Waals surface area (Å²) < 4.78 is 6.26. The van der Waals surface area contributed by atoms with Gasteiger partial charge in [0, 0.05) is 6.42 Å². The van der Waals surface area contributed by atoms with E-state index in [1.807, 2.05) is 18.2 Å². The fourth-order valence-electron chi connectivity index (χ4n) is 13.8. The Morgan fingerprint density at radius 1 is 0.800 bits per heavy atom. The van der Waals surface area contributed by atoms with Crippen molar-refractivity contribution in [2.75, 3.05) is 0 Å². The number of aryl methyl sites for hydroxylation is 1. The molecular formula is C46H62O4. The number of esters is 1. The van der Waals surface area contributed by atoms with E-state index in [1.54, 1.807) is 0 Å². The van der Waals surface area contributed by atoms with E-state index in [9.17, 15) is 9.59 Å². The van der Waals surface area contributed by atoms with Crippen molar-refractivity contribution in [2.24, 2.45) is 62.6 Å². The Balaban J connectivity index is 1.17. The standard InChI is InChI=1S/C46H62O4/c1-30(2)34-21-26-46(41(49)50-29-32-11-9-8-10-12-32)28-27-44(6)36(40(34)46)18-19-38-43(5)24-22-35(42(3,4)37(43)23-25-45(38,44)7)33-16-13-31(14-17-33)15-20-39(47)48/h8-14,16-17,22,30,34,36-38,40H,15,18-21,23-29H2,1-7H3,(H,47,48)/t34-,36+,37-,38+,40+,43-,44+,45+,46-/m0/s1. The lowest BCUT2D eigenvalue weighted by atomic mass is 9.32. The minimum absolute atomic E-state index is 0.0487. The average Bonchev–Trinajstić information content (AvgIpc) is 3.49. The lowest BCUT2D eigenvalue weighted by molar-refractivity contribution is -0.231. The first kappa shape index (κ1) is 35.5. The molecule has 0 spiro atoms. The number of carbonyl (C=O) groups excluding carboxylic acids is 1. The molecule has 4 saturated carbocycles. The third kappa shape index (κ3) is 5.35. The van der Waals surface area contributed by atoms with Crippen LogP contribution < -0.4 is 0 Å². The minimum atomic E-state index is -0.742. The number of carboxylic acid groups (broad SMARTS) is 1. The van der Waals surface area contributed by atoms with Crippen LogP contribution >= 0.6 is 0 Å². The molecule has 0 aliphatic heterocycles. The fourth-order valence-corrected chi connectivity index (χ4v) is 13.8. The van der Waals surface area contributed by atoms with E-state index in [2.05, 4.69) is 90.9 Å². The minimum Gasteiger partial charge on any atom is -0.481 e. The second-order valence-electron chi connectivity index (χ2n) is 19.0. The number of hydrogen-bond acceptors (Lipinski definition) is 3. The molecule has 0 amide bonds. The summed E-state index contributed by atoms with van der Waals surface area (Å²) in [7, 11) is 0. The number of hydrogen-bond donors (Lipinski definition) is 1. The highest BCUT2D eigenvalue weighted by atomic mass is 16.5. The van der Waals surface area contributed by atoms with E-state index in [1.165, 1.54) is 36.8 Å². The highest BCUT2D eigenvalue weighted by Crippen LogP contribution is 2.78. The van der Waals surface area contributed by atoms with Gasteiger partial charge in [0.15, 0.2) is 0 Å². The summed E-state index contributed by atoms with van der Waals surface area (Å²) in [5.74, 6) is 2.70. The maximum absolute atomic E-state index is 14.4. The van der Waals surface area contributed by atoms with Gasteiger partial charge in [-0.3, -0.25) is 9.59 Å². The van der Waals surface area contributed by atoms with Gasteiger partial charge in [-0.15, -0.1) is 0 Å². The van der Waals surface area contributed by atoms with Crippen molar-refractivity contribution in [2.45, 2.75) is 126 Å². The van der Waals surface area contributed by atoms with Gasteiger partial charge in [0.05, 0.1) is 5.41 Å². The van der Waals surface area contributed by atoms with Crippen molar-refractivity contribution >= 4 is 17.5 Å². The lowest BCUT2D eigenvalue weighted by Crippen LogP contribution is -2.66. The third-order valence-electron chi connectivity index (χ3n) is 16.4. The van der Waals surface area contributed by atoms with Gasteiger partial charge < -0.3 is 9.84 Å². The van der Waals surface area contributed by atoms with Crippen molar-refractivity contribution in [3.63, 3.8) is 0 Å². The zero-order chi connectivity index (χ0) is 35.7. The third-order valence-corrected chi connectivity index (χ3v) is 16.4. The average molecular weight is 679 g/mol. The molecule has 0 radical (unpaired) electrons. The quantitative estimate of drug-likeness (QED) is 0.282. The summed E-state index contributed by atoms with van der Waals surface area (Å²) in [5, 5.41) is 9.15. The molecule has 0 aromatic heterocycles. The van der Waals surface area contributed by atoms with Crippen LogP contribution in [0.2, 0.25) is 0 Å². The number of benzene rings is 2. The molecule has 0 saturated heterocycles. The predicted molar refractivity (Wildman–Crippen MR) is 201 cm³/mol. The Morgan fingerprint density at radius 2 is 1.52 bits per heavy atom. The maximum Gasteiger partial charge on any atom is 0.312 e. The van der Waals surface area contributed by atoms with E-state index in [0.717, 1.165) is 43.2 Å². The smallest absolute Gasteiger partial charge is 0.312 e. The molecule has 4 heteroatoms. The number of ether oxygens (including phenoxy) is 1. The van der Waals surface area contributed by atoms with Gasteiger partial charge in [-0.05, 0) is 144 Å². The zero-order valence-electron chi connectivity index (χ0n) is 31.9. The van der Waals surface area contributed by atoms with Crippen LogP contribution in [0.15, 0.2) is 60.7 Å². The normalized spacial score (nSPS) is 38.6. The van der Waals surface area contributed by atoms with Crippen LogP contribution in [-0.4, -0.2) is 17.0 Å². The molecule has 0 unspecified atom stereocenters. The molecule has 270 valence electrons. The monoisotopic (exact) mass is 678 g/mol. The molecular weight excluding hydrogens is 617 g/mol. The summed E-state index contributed by atoms with van der Waals surface area (Å²) in [6.45, 7) is 18.2. The second-order valence-corrected chi connectivity index (χ2v) is 19.0. The Hall–Kier alpha value is -2.88. The van der Waals surface area contributed by atoms with Crippen molar-refractivity contribution in [3.8, 4) is 0 Å². The molecule has 5 aliphatic rings. The number of fused-ring (bicyclic) bond motifs is 7. The van der Waals surface area contributed by atoms with Crippen LogP contribution in [0.3, 0.4) is 0 Å². The van der Waals surface area contributed by atoms with Crippen LogP contribution in [0.5, 0.6) is 0 Å². The number of carboxylic acids is 1. The number of allylic oxidation sites excluding steroid dienone is 2. The van der Waals surface area contributed by atoms with Gasteiger partial charge >= 0.3 is 11.9 Å². The molecule has 2 aromatic carbocycles. The number of carbonyl (C=O) groups is 2. The molecule has 7 rings (SSSR count). The van der Waals surface area contributed by atoms with E-state index >= 15 is 0 Å². The Kier molecular flexibility index (Phi) is 8.99. The highest BCUT2D eigenvalue weighted by Gasteiger charge is 2.72. The fraction of sp³-hybridized carbons (Fsp3) is 0.652. The van der Waals surface area contributed by atoms with Gasteiger partial charge in [0.25, 0.3) is 0 Å². The molecule has 0 bridgehead atoms. The zero-order valence-corrected chi connectivity index (χ0v) is 31.9. The van der Waals surface area contributed by atoms with E-state index in [4.69, 9.17) is 9.84 Å². The van der Waals surface area contributed by atoms with Gasteiger partial charge in [0.1, 0.15) is 6.61 Å². The number of rotatable bonds is 8. The van der Waals surface area contributed by atoms with E-state index in [-0.39, 0.29) is 39.5 Å². The number of aliphatic carboxylic acids is 1. The topological polar surface area (TPSA) is 63.6 Å². The summed E-state index contributed by atoms with van der Waals surface area (Å²) >= 11 is 0. The van der Waals surface area contributed by atoms with Crippen LogP contribution in [0, 0.1) is 62.6 Å². The molecule has 50 heavy (non-hydrogen) atoms. The molecule has 2 aromatic rings. The second kappa shape index (κ2) is 12.7. The lowest BCUT2D eigenvalue weighted by Gasteiger charge is -2.72. The van der Waals surface area contributed by atoms with Crippen LogP contribution in [0.4, 0.5) is 0 Å². The van der Waals surface area contributed by atoms with Crippen molar-refractivity contribution in [1.29, 1.82) is 0 Å². The first-order chi connectivity index (χ1) is 23.7. The molecule has 9 atom stereocenters. The van der Waals surface area contributed by atoms with Gasteiger partial charge in [-0.1, -0.05) is 109 Å². The largest absolute Gasteiger partial charge is 0.481 e. The summed E-state index contributed by atoms with van der Waals surface area (Å²) in [4.78, 5) is 25.5. The summed E-state index contributed by atoms with van der Waals surface area (Å²) in [6.07, 6.45) is 13.7. The SMILES string of the molecule is CC(C)[C@@H]1CC[C@]2(C(=O)OCc3ccccc3)CC[C@]3(C)[C@H](CC[C@@H]4[C@@]5(C)CC=C(c6ccc(CCC(=O)O)cc6)C(C)(C)[C@@H]5CC[C@]43C)[C@@H]12. The maximum atomic E-state index is 14.4. The van der Waals surface area contributed by atoms with Crippen molar-refractivity contribution in [1.82, 2.24) is 0 Å². The van der Waals surface area contributed by atoms with Gasteiger partial charge in [-0.25, -0.2) is 0 Å². The van der Waals surface area contributed by atoms with Gasteiger partial charge in [0.2, 0.25) is 0 Å². The molecule has 0 heterocycles. The molecule has 5 aliphatic carbocycles. The Bertz CT molecular complexity index is 1620. The molecule has 1 N–H and O–H groups in total. The van der Waals surface area contributed by atoms with Gasteiger partial charge in [-0.2, -0.15) is 0 Å². The van der Waals surface area contributed by atoms with Crippen molar-refractivity contribution < 1.29 is 19.4 Å². The summed E-state index contributed by atoms with van der Waals surface area (Å²) in [5.41, 5.74) is 5.31. The summed E-state index contributed by atoms with van der Waals surface area (Å²) in [6, 6.07) is 19.0. The van der Waals surface area contributed by atoms with E-state index in [0.29, 0.717) is 48.5 Å². The van der Waals surface area contributed by atoms with Crippen LogP contribution in [0.25, 0.3) is 5.57 Å². The first-order valence-corrected chi connectivity index (χ1v) is 19.9. The first-order valence-electron chi connectivity index (χ1n) is 19.9. The highest BCUT2D eigenvalue weighted by molar-refractivity contribution is 5.78. The van der Waals surface area contributed by atoms with E-state index < -0.39 is 5.97 Å². The Morgan fingerprint density at radius 3 is 2.20 bits per heavy atom.